The lowest BCUT2D eigenvalue weighted by Gasteiger charge is -2.11. The third-order valence-electron chi connectivity index (χ3n) is 2.60. The van der Waals surface area contributed by atoms with Crippen LogP contribution in [0, 0.1) is 0 Å². The van der Waals surface area contributed by atoms with E-state index in [2.05, 4.69) is 10.3 Å². The Balaban J connectivity index is 1.75. The summed E-state index contributed by atoms with van der Waals surface area (Å²) < 4.78 is 5.61. The van der Waals surface area contributed by atoms with Gasteiger partial charge in [-0.25, -0.2) is 0 Å². The zero-order valence-electron chi connectivity index (χ0n) is 8.58. The van der Waals surface area contributed by atoms with Gasteiger partial charge in [-0.3, -0.25) is 4.98 Å². The van der Waals surface area contributed by atoms with Crippen LogP contribution >= 0.6 is 11.6 Å². The molecule has 82 valence electrons. The average Bonchev–Trinajstić information content (AvgIpc) is 2.74. The summed E-state index contributed by atoms with van der Waals surface area (Å²) in [5.74, 6) is 0. The first-order valence-electron chi connectivity index (χ1n) is 5.26. The first-order valence-corrected chi connectivity index (χ1v) is 5.63. The van der Waals surface area contributed by atoms with Crippen LogP contribution in [0.3, 0.4) is 0 Å². The van der Waals surface area contributed by atoms with Gasteiger partial charge < -0.3 is 10.1 Å². The van der Waals surface area contributed by atoms with Crippen molar-refractivity contribution in [2.75, 3.05) is 13.2 Å². The standard InChI is InChI=1S/C11H15ClN2O/c12-11-6-13-5-3-9(11)7-15-8-10-2-1-4-14-10/h3,5-6,10,14H,1-2,4,7-8H2. The van der Waals surface area contributed by atoms with Crippen LogP contribution in [0.4, 0.5) is 0 Å². The van der Waals surface area contributed by atoms with E-state index in [4.69, 9.17) is 16.3 Å². The van der Waals surface area contributed by atoms with Gasteiger partial charge in [0.25, 0.3) is 0 Å². The van der Waals surface area contributed by atoms with Crippen LogP contribution in [0.25, 0.3) is 0 Å². The molecule has 1 aromatic heterocycles. The molecule has 2 heterocycles. The first-order chi connectivity index (χ1) is 7.36. The summed E-state index contributed by atoms with van der Waals surface area (Å²) in [6, 6.07) is 2.41. The molecule has 2 rings (SSSR count). The van der Waals surface area contributed by atoms with Crippen molar-refractivity contribution in [3.63, 3.8) is 0 Å². The van der Waals surface area contributed by atoms with E-state index in [1.54, 1.807) is 12.4 Å². The van der Waals surface area contributed by atoms with Crippen LogP contribution in [0.5, 0.6) is 0 Å². The lowest BCUT2D eigenvalue weighted by molar-refractivity contribution is 0.103. The third kappa shape index (κ3) is 3.16. The van der Waals surface area contributed by atoms with Crippen molar-refractivity contribution >= 4 is 11.6 Å². The molecule has 0 saturated carbocycles. The molecule has 1 aliphatic rings. The summed E-state index contributed by atoms with van der Waals surface area (Å²) in [6.45, 7) is 2.45. The van der Waals surface area contributed by atoms with Crippen molar-refractivity contribution in [2.45, 2.75) is 25.5 Å². The number of aromatic nitrogens is 1. The highest BCUT2D eigenvalue weighted by Gasteiger charge is 2.13. The van der Waals surface area contributed by atoms with E-state index < -0.39 is 0 Å². The number of hydrogen-bond acceptors (Lipinski definition) is 3. The van der Waals surface area contributed by atoms with Gasteiger partial charge in [0.1, 0.15) is 0 Å². The highest BCUT2D eigenvalue weighted by molar-refractivity contribution is 6.31. The molecule has 1 N–H and O–H groups in total. The van der Waals surface area contributed by atoms with E-state index >= 15 is 0 Å². The quantitative estimate of drug-likeness (QED) is 0.853. The highest BCUT2D eigenvalue weighted by Crippen LogP contribution is 2.14. The first kappa shape index (κ1) is 10.9. The van der Waals surface area contributed by atoms with Crippen molar-refractivity contribution in [1.82, 2.24) is 10.3 Å². The number of nitrogens with zero attached hydrogens (tertiary/aromatic N) is 1. The summed E-state index contributed by atoms with van der Waals surface area (Å²) in [5, 5.41) is 4.06. The van der Waals surface area contributed by atoms with Gasteiger partial charge in [-0.1, -0.05) is 11.6 Å². The molecule has 0 radical (unpaired) electrons. The Bertz CT molecular complexity index is 313. The van der Waals surface area contributed by atoms with E-state index in [9.17, 15) is 0 Å². The molecule has 4 heteroatoms. The fourth-order valence-electron chi connectivity index (χ4n) is 1.73. The van der Waals surface area contributed by atoms with Crippen molar-refractivity contribution in [2.24, 2.45) is 0 Å². The zero-order valence-corrected chi connectivity index (χ0v) is 9.33. The number of nitrogens with one attached hydrogen (secondary N) is 1. The maximum absolute atomic E-state index is 5.96. The Morgan fingerprint density at radius 3 is 3.27 bits per heavy atom. The van der Waals surface area contributed by atoms with Gasteiger partial charge in [-0.2, -0.15) is 0 Å². The Kier molecular flexibility index (Phi) is 3.94. The van der Waals surface area contributed by atoms with Crippen molar-refractivity contribution in [3.8, 4) is 0 Å². The van der Waals surface area contributed by atoms with Crippen molar-refractivity contribution in [3.05, 3.63) is 29.0 Å². The van der Waals surface area contributed by atoms with Gasteiger partial charge in [0.05, 0.1) is 18.2 Å². The third-order valence-corrected chi connectivity index (χ3v) is 2.94. The Hall–Kier alpha value is -0.640. The minimum atomic E-state index is 0.519. The van der Waals surface area contributed by atoms with Gasteiger partial charge in [0.2, 0.25) is 0 Å². The fourth-order valence-corrected chi connectivity index (χ4v) is 1.91. The molecule has 1 fully saturated rings. The van der Waals surface area contributed by atoms with Gasteiger partial charge in [0.15, 0.2) is 0 Å². The summed E-state index contributed by atoms with van der Waals surface area (Å²) in [6.07, 6.45) is 5.85. The van der Waals surface area contributed by atoms with Crippen LogP contribution in [0.2, 0.25) is 5.02 Å². The SMILES string of the molecule is Clc1cnccc1COCC1CCCN1. The van der Waals surface area contributed by atoms with Gasteiger partial charge in [0, 0.05) is 18.4 Å². The predicted molar refractivity (Wildman–Crippen MR) is 59.9 cm³/mol. The van der Waals surface area contributed by atoms with E-state index in [1.807, 2.05) is 6.07 Å². The second kappa shape index (κ2) is 5.45. The molecule has 0 amide bonds. The molecule has 0 aromatic carbocycles. The lowest BCUT2D eigenvalue weighted by atomic mass is 10.2. The number of ether oxygens (including phenoxy) is 1. The summed E-state index contributed by atoms with van der Waals surface area (Å²) in [5.41, 5.74) is 1.00. The molecular formula is C11H15ClN2O. The monoisotopic (exact) mass is 226 g/mol. The summed E-state index contributed by atoms with van der Waals surface area (Å²) in [4.78, 5) is 3.93. The topological polar surface area (TPSA) is 34.1 Å². The Labute approximate surface area is 94.8 Å². The van der Waals surface area contributed by atoms with E-state index in [0.29, 0.717) is 17.7 Å². The zero-order chi connectivity index (χ0) is 10.5. The molecule has 0 bridgehead atoms. The molecule has 1 aromatic rings. The van der Waals surface area contributed by atoms with E-state index in [1.165, 1.54) is 12.8 Å². The summed E-state index contributed by atoms with van der Waals surface area (Å²) >= 11 is 5.96. The van der Waals surface area contributed by atoms with Crippen LogP contribution < -0.4 is 5.32 Å². The minimum Gasteiger partial charge on any atom is -0.375 e. The molecule has 1 aliphatic heterocycles. The number of rotatable bonds is 4. The fraction of sp³-hybridized carbons (Fsp3) is 0.545. The Morgan fingerprint density at radius 1 is 1.60 bits per heavy atom. The molecule has 1 atom stereocenters. The van der Waals surface area contributed by atoms with Crippen LogP contribution in [-0.2, 0) is 11.3 Å². The predicted octanol–water partition coefficient (Wildman–Crippen LogP) is 2.00. The molecule has 0 aliphatic carbocycles. The van der Waals surface area contributed by atoms with Crippen molar-refractivity contribution in [1.29, 1.82) is 0 Å². The maximum Gasteiger partial charge on any atom is 0.0733 e. The van der Waals surface area contributed by atoms with Crippen molar-refractivity contribution < 1.29 is 4.74 Å². The number of halogens is 1. The van der Waals surface area contributed by atoms with Crippen LogP contribution in [0.1, 0.15) is 18.4 Å². The molecule has 15 heavy (non-hydrogen) atoms. The minimum absolute atomic E-state index is 0.519. The smallest absolute Gasteiger partial charge is 0.0733 e. The lowest BCUT2D eigenvalue weighted by Crippen LogP contribution is -2.26. The van der Waals surface area contributed by atoms with Gasteiger partial charge in [-0.15, -0.1) is 0 Å². The summed E-state index contributed by atoms with van der Waals surface area (Å²) in [7, 11) is 0. The normalized spacial score (nSPS) is 20.7. The second-order valence-corrected chi connectivity index (χ2v) is 4.18. The number of pyridine rings is 1. The van der Waals surface area contributed by atoms with E-state index in [-0.39, 0.29) is 0 Å². The molecular weight excluding hydrogens is 212 g/mol. The van der Waals surface area contributed by atoms with Crippen LogP contribution in [0.15, 0.2) is 18.5 Å². The molecule has 1 saturated heterocycles. The second-order valence-electron chi connectivity index (χ2n) is 3.78. The highest BCUT2D eigenvalue weighted by atomic mass is 35.5. The van der Waals surface area contributed by atoms with Crippen LogP contribution in [-0.4, -0.2) is 24.2 Å². The van der Waals surface area contributed by atoms with E-state index in [0.717, 1.165) is 18.7 Å². The number of hydrogen-bond donors (Lipinski definition) is 1. The molecule has 1 unspecified atom stereocenters. The molecule has 3 nitrogen and oxygen atoms in total. The maximum atomic E-state index is 5.96. The largest absolute Gasteiger partial charge is 0.375 e. The van der Waals surface area contributed by atoms with Gasteiger partial charge in [-0.05, 0) is 31.0 Å². The Morgan fingerprint density at radius 2 is 2.53 bits per heavy atom. The van der Waals surface area contributed by atoms with Gasteiger partial charge >= 0.3 is 0 Å². The average molecular weight is 227 g/mol. The molecule has 0 spiro atoms.